The van der Waals surface area contributed by atoms with Crippen molar-refractivity contribution in [2.45, 2.75) is 26.0 Å². The van der Waals surface area contributed by atoms with E-state index in [1.807, 2.05) is 36.5 Å². The maximum absolute atomic E-state index is 12.6. The normalized spacial score (nSPS) is 10.8. The predicted molar refractivity (Wildman–Crippen MR) is 108 cm³/mol. The van der Waals surface area contributed by atoms with Crippen molar-refractivity contribution in [2.24, 2.45) is 0 Å². The molecular weight excluding hydrogens is 392 g/mol. The number of hydrogen-bond acceptors (Lipinski definition) is 4. The summed E-state index contributed by atoms with van der Waals surface area (Å²) in [6, 6.07) is 14.4. The number of benzene rings is 2. The lowest BCUT2D eigenvalue weighted by Gasteiger charge is -2.18. The van der Waals surface area contributed by atoms with Crippen LogP contribution in [0, 0.1) is 0 Å². The molecule has 0 atom stereocenters. The lowest BCUT2D eigenvalue weighted by molar-refractivity contribution is -0.130. The van der Waals surface area contributed by atoms with E-state index < -0.39 is 6.61 Å². The van der Waals surface area contributed by atoms with Gasteiger partial charge in [-0.2, -0.15) is 13.9 Å². The third kappa shape index (κ3) is 5.56. The van der Waals surface area contributed by atoms with E-state index in [0.29, 0.717) is 18.4 Å². The van der Waals surface area contributed by atoms with Crippen LogP contribution in [0.5, 0.6) is 11.5 Å². The van der Waals surface area contributed by atoms with Crippen LogP contribution in [-0.4, -0.2) is 41.4 Å². The van der Waals surface area contributed by atoms with Crippen LogP contribution >= 0.6 is 0 Å². The Balaban J connectivity index is 1.57. The van der Waals surface area contributed by atoms with Crippen molar-refractivity contribution < 1.29 is 23.0 Å². The average molecular weight is 415 g/mol. The number of aryl methyl sites for hydroxylation is 1. The third-order valence-corrected chi connectivity index (χ3v) is 4.57. The molecule has 158 valence electrons. The van der Waals surface area contributed by atoms with E-state index in [4.69, 9.17) is 4.74 Å². The lowest BCUT2D eigenvalue weighted by Crippen LogP contribution is -2.26. The monoisotopic (exact) mass is 415 g/mol. The van der Waals surface area contributed by atoms with Crippen LogP contribution < -0.4 is 9.47 Å². The zero-order valence-electron chi connectivity index (χ0n) is 16.8. The number of alkyl halides is 2. The number of nitrogens with zero attached hydrogens (tertiary/aromatic N) is 3. The smallest absolute Gasteiger partial charge is 0.387 e. The highest BCUT2D eigenvalue weighted by Gasteiger charge is 2.14. The van der Waals surface area contributed by atoms with Crippen molar-refractivity contribution in [1.82, 2.24) is 14.7 Å². The van der Waals surface area contributed by atoms with Crippen molar-refractivity contribution in [3.05, 3.63) is 72.1 Å². The first kappa shape index (κ1) is 21.3. The summed E-state index contributed by atoms with van der Waals surface area (Å²) >= 11 is 0. The molecule has 0 aliphatic heterocycles. The Labute approximate surface area is 173 Å². The first-order valence-corrected chi connectivity index (χ1v) is 9.41. The van der Waals surface area contributed by atoms with Gasteiger partial charge in [0.25, 0.3) is 0 Å². The molecule has 0 spiro atoms. The van der Waals surface area contributed by atoms with Crippen molar-refractivity contribution in [3.63, 3.8) is 0 Å². The highest BCUT2D eigenvalue weighted by Crippen LogP contribution is 2.30. The van der Waals surface area contributed by atoms with E-state index in [1.165, 1.54) is 13.2 Å². The number of halogens is 2. The van der Waals surface area contributed by atoms with Gasteiger partial charge in [-0.05, 0) is 41.8 Å². The summed E-state index contributed by atoms with van der Waals surface area (Å²) in [6.45, 7) is -2.68. The second-order valence-corrected chi connectivity index (χ2v) is 6.74. The van der Waals surface area contributed by atoms with Crippen molar-refractivity contribution in [1.29, 1.82) is 0 Å². The molecule has 1 heterocycles. The van der Waals surface area contributed by atoms with E-state index in [1.54, 1.807) is 35.0 Å². The molecule has 3 rings (SSSR count). The van der Waals surface area contributed by atoms with Crippen LogP contribution in [0.4, 0.5) is 8.78 Å². The van der Waals surface area contributed by atoms with Crippen LogP contribution in [0.3, 0.4) is 0 Å². The second-order valence-electron chi connectivity index (χ2n) is 6.74. The maximum atomic E-state index is 12.6. The summed E-state index contributed by atoms with van der Waals surface area (Å²) in [5.74, 6) is 0.0947. The Morgan fingerprint density at radius 3 is 2.60 bits per heavy atom. The fourth-order valence-electron chi connectivity index (χ4n) is 3.02. The Bertz CT molecular complexity index is 977. The van der Waals surface area contributed by atoms with Gasteiger partial charge in [-0.25, -0.2) is 4.68 Å². The van der Waals surface area contributed by atoms with Crippen molar-refractivity contribution >= 4 is 5.91 Å². The first-order valence-electron chi connectivity index (χ1n) is 9.41. The fourth-order valence-corrected chi connectivity index (χ4v) is 3.02. The van der Waals surface area contributed by atoms with Gasteiger partial charge in [0, 0.05) is 26.2 Å². The van der Waals surface area contributed by atoms with Crippen LogP contribution in [0.15, 0.2) is 60.9 Å². The number of aromatic nitrogens is 2. The molecule has 3 aromatic rings. The van der Waals surface area contributed by atoms with Crippen LogP contribution in [-0.2, 0) is 17.8 Å². The Hall–Kier alpha value is -3.42. The number of carbonyl (C=O) groups excluding carboxylic acids is 1. The largest absolute Gasteiger partial charge is 0.493 e. The molecule has 0 aliphatic carbocycles. The molecule has 0 bridgehead atoms. The first-order chi connectivity index (χ1) is 14.5. The van der Waals surface area contributed by atoms with Gasteiger partial charge in [-0.15, -0.1) is 0 Å². The number of hydrogen-bond donors (Lipinski definition) is 0. The average Bonchev–Trinajstić information content (AvgIpc) is 3.21. The molecule has 0 saturated carbocycles. The number of methoxy groups -OCH3 is 1. The van der Waals surface area contributed by atoms with Gasteiger partial charge in [0.1, 0.15) is 0 Å². The highest BCUT2D eigenvalue weighted by atomic mass is 19.3. The Kier molecular flexibility index (Phi) is 7.00. The molecule has 0 saturated heterocycles. The van der Waals surface area contributed by atoms with E-state index >= 15 is 0 Å². The standard InChI is InChI=1S/C22H23F2N3O3/c1-26(14-16-8-10-19(29-2)20(12-16)30-22(23)24)21(28)11-9-17-13-25-27(15-17)18-6-4-3-5-7-18/h3-8,10,12-13,15,22H,9,11,14H2,1-2H3. The second kappa shape index (κ2) is 9.87. The molecule has 0 unspecified atom stereocenters. The molecule has 2 aromatic carbocycles. The summed E-state index contributed by atoms with van der Waals surface area (Å²) < 4.78 is 36.5. The number of rotatable bonds is 9. The van der Waals surface area contributed by atoms with Gasteiger partial charge in [-0.1, -0.05) is 24.3 Å². The van der Waals surface area contributed by atoms with E-state index in [0.717, 1.165) is 11.3 Å². The summed E-state index contributed by atoms with van der Waals surface area (Å²) in [4.78, 5) is 14.1. The minimum atomic E-state index is -2.95. The molecular formula is C22H23F2N3O3. The lowest BCUT2D eigenvalue weighted by atomic mass is 10.1. The zero-order valence-corrected chi connectivity index (χ0v) is 16.8. The highest BCUT2D eigenvalue weighted by molar-refractivity contribution is 5.76. The zero-order chi connectivity index (χ0) is 21.5. The molecule has 1 aromatic heterocycles. The predicted octanol–water partition coefficient (Wildman–Crippen LogP) is 4.07. The molecule has 8 heteroatoms. The van der Waals surface area contributed by atoms with E-state index in [-0.39, 0.29) is 24.0 Å². The molecule has 1 amide bonds. The molecule has 0 N–H and O–H groups in total. The third-order valence-electron chi connectivity index (χ3n) is 4.57. The number of ether oxygens (including phenoxy) is 2. The number of carbonyl (C=O) groups is 1. The van der Waals surface area contributed by atoms with Gasteiger partial charge in [0.05, 0.1) is 19.0 Å². The molecule has 6 nitrogen and oxygen atoms in total. The van der Waals surface area contributed by atoms with Gasteiger partial charge >= 0.3 is 6.61 Å². The molecule has 0 radical (unpaired) electrons. The molecule has 0 aliphatic rings. The van der Waals surface area contributed by atoms with Crippen molar-refractivity contribution in [2.75, 3.05) is 14.2 Å². The van der Waals surface area contributed by atoms with Crippen molar-refractivity contribution in [3.8, 4) is 17.2 Å². The van der Waals surface area contributed by atoms with Gasteiger partial charge in [-0.3, -0.25) is 4.79 Å². The van der Waals surface area contributed by atoms with Crippen LogP contribution in [0.2, 0.25) is 0 Å². The minimum absolute atomic E-state index is 0.0563. The summed E-state index contributed by atoms with van der Waals surface area (Å²) in [7, 11) is 3.05. The summed E-state index contributed by atoms with van der Waals surface area (Å²) in [5, 5.41) is 4.33. The minimum Gasteiger partial charge on any atom is -0.493 e. The fraction of sp³-hybridized carbons (Fsp3) is 0.273. The Morgan fingerprint density at radius 2 is 1.90 bits per heavy atom. The number of amides is 1. The summed E-state index contributed by atoms with van der Waals surface area (Å²) in [5.41, 5.74) is 2.57. The van der Waals surface area contributed by atoms with Crippen LogP contribution in [0.1, 0.15) is 17.5 Å². The maximum Gasteiger partial charge on any atom is 0.387 e. The summed E-state index contributed by atoms with van der Waals surface area (Å²) in [6.07, 6.45) is 4.52. The van der Waals surface area contributed by atoms with E-state index in [9.17, 15) is 13.6 Å². The topological polar surface area (TPSA) is 56.6 Å². The van der Waals surface area contributed by atoms with Gasteiger partial charge in [0.2, 0.25) is 5.91 Å². The van der Waals surface area contributed by atoms with E-state index in [2.05, 4.69) is 9.84 Å². The van der Waals surface area contributed by atoms with Gasteiger partial charge in [0.15, 0.2) is 11.5 Å². The SMILES string of the molecule is COc1ccc(CN(C)C(=O)CCc2cnn(-c3ccccc3)c2)cc1OC(F)F. The number of para-hydroxylation sites is 1. The molecule has 0 fully saturated rings. The van der Waals surface area contributed by atoms with Crippen LogP contribution in [0.25, 0.3) is 5.69 Å². The van der Waals surface area contributed by atoms with Gasteiger partial charge < -0.3 is 14.4 Å². The quantitative estimate of drug-likeness (QED) is 0.529. The Morgan fingerprint density at radius 1 is 1.13 bits per heavy atom. The molecule has 30 heavy (non-hydrogen) atoms.